The van der Waals surface area contributed by atoms with Gasteiger partial charge in [0.25, 0.3) is 0 Å². The number of primary sulfonamides is 1. The first-order valence-electron chi connectivity index (χ1n) is 5.77. The van der Waals surface area contributed by atoms with Crippen molar-refractivity contribution in [3.63, 3.8) is 0 Å². The highest BCUT2D eigenvalue weighted by Gasteiger charge is 2.11. The zero-order valence-electron chi connectivity index (χ0n) is 10.9. The Bertz CT molecular complexity index is 525. The topological polar surface area (TPSA) is 98.5 Å². The van der Waals surface area contributed by atoms with Gasteiger partial charge in [0, 0.05) is 0 Å². The molecule has 0 amide bonds. The maximum atomic E-state index is 11.1. The van der Waals surface area contributed by atoms with Crippen LogP contribution >= 0.6 is 0 Å². The van der Waals surface area contributed by atoms with Crippen LogP contribution in [-0.4, -0.2) is 34.1 Å². The van der Waals surface area contributed by atoms with Gasteiger partial charge < -0.3 is 10.1 Å². The number of benzene rings is 1. The number of nitrogens with one attached hydrogen (secondary N) is 1. The van der Waals surface area contributed by atoms with Crippen LogP contribution in [0.3, 0.4) is 0 Å². The predicted octanol–water partition coefficient (Wildman–Crippen LogP) is 0.0276. The number of carbonyl (C=O) groups is 1. The average molecular weight is 286 g/mol. The smallest absolute Gasteiger partial charge is 0.322 e. The number of methoxy groups -OCH3 is 1. The molecule has 106 valence electrons. The second kappa shape index (κ2) is 6.65. The molecule has 0 fully saturated rings. The molecular formula is C12H18N2O4S. The molecule has 0 spiro atoms. The number of hydrogen-bond donors (Lipinski definition) is 2. The van der Waals surface area contributed by atoms with Crippen LogP contribution in [-0.2, 0) is 26.0 Å². The van der Waals surface area contributed by atoms with Gasteiger partial charge in [0.05, 0.1) is 12.0 Å². The fraction of sp³-hybridized carbons (Fsp3) is 0.417. The third kappa shape index (κ3) is 4.98. The van der Waals surface area contributed by atoms with Gasteiger partial charge in [-0.05, 0) is 37.6 Å². The summed E-state index contributed by atoms with van der Waals surface area (Å²) in [5.41, 5.74) is 0.956. The zero-order chi connectivity index (χ0) is 14.5. The van der Waals surface area contributed by atoms with Crippen molar-refractivity contribution in [2.45, 2.75) is 24.3 Å². The lowest BCUT2D eigenvalue weighted by Crippen LogP contribution is -2.36. The number of nitrogens with two attached hydrogens (primary N) is 1. The number of rotatable bonds is 6. The molecule has 1 atom stereocenters. The molecule has 0 bridgehead atoms. The summed E-state index contributed by atoms with van der Waals surface area (Å²) in [6, 6.07) is 5.96. The Kier molecular flexibility index (Phi) is 5.46. The Hall–Kier alpha value is -1.44. The van der Waals surface area contributed by atoms with Crippen molar-refractivity contribution >= 4 is 16.0 Å². The van der Waals surface area contributed by atoms with Gasteiger partial charge in [-0.3, -0.25) is 4.79 Å². The van der Waals surface area contributed by atoms with E-state index in [0.29, 0.717) is 13.0 Å². The summed E-state index contributed by atoms with van der Waals surface area (Å²) >= 11 is 0. The molecular weight excluding hydrogens is 268 g/mol. The Morgan fingerprint density at radius 2 is 1.95 bits per heavy atom. The lowest BCUT2D eigenvalue weighted by Gasteiger charge is -2.11. The molecule has 0 radical (unpaired) electrons. The van der Waals surface area contributed by atoms with Gasteiger partial charge in [-0.25, -0.2) is 13.6 Å². The maximum Gasteiger partial charge on any atom is 0.322 e. The van der Waals surface area contributed by atoms with Gasteiger partial charge in [0.1, 0.15) is 6.04 Å². The summed E-state index contributed by atoms with van der Waals surface area (Å²) < 4.78 is 26.7. The fourth-order valence-electron chi connectivity index (χ4n) is 1.54. The minimum absolute atomic E-state index is 0.0899. The lowest BCUT2D eigenvalue weighted by atomic mass is 10.1. The second-order valence-corrected chi connectivity index (χ2v) is 5.70. The van der Waals surface area contributed by atoms with Crippen molar-refractivity contribution in [3.8, 4) is 0 Å². The maximum absolute atomic E-state index is 11.1. The molecule has 1 unspecified atom stereocenters. The lowest BCUT2D eigenvalue weighted by molar-refractivity contribution is -0.142. The van der Waals surface area contributed by atoms with Gasteiger partial charge in [-0.1, -0.05) is 12.1 Å². The Balaban J connectivity index is 2.49. The standard InChI is InChI=1S/C12H18N2O4S/c1-9(12(15)18-2)14-8-7-10-3-5-11(6-4-10)19(13,16)17/h3-6,9,14H,7-8H2,1-2H3,(H2,13,16,17). The van der Waals surface area contributed by atoms with Gasteiger partial charge in [0.15, 0.2) is 0 Å². The minimum atomic E-state index is -3.64. The number of esters is 1. The number of ether oxygens (including phenoxy) is 1. The first-order chi connectivity index (χ1) is 8.84. The quantitative estimate of drug-likeness (QED) is 0.719. The van der Waals surface area contributed by atoms with E-state index in [1.807, 2.05) is 0 Å². The van der Waals surface area contributed by atoms with E-state index >= 15 is 0 Å². The van der Waals surface area contributed by atoms with E-state index in [9.17, 15) is 13.2 Å². The third-order valence-corrected chi connectivity index (χ3v) is 3.60. The average Bonchev–Trinajstić information content (AvgIpc) is 2.37. The zero-order valence-corrected chi connectivity index (χ0v) is 11.7. The molecule has 19 heavy (non-hydrogen) atoms. The van der Waals surface area contributed by atoms with Crippen molar-refractivity contribution < 1.29 is 17.9 Å². The van der Waals surface area contributed by atoms with E-state index in [-0.39, 0.29) is 16.9 Å². The normalized spacial score (nSPS) is 13.0. The van der Waals surface area contributed by atoms with Crippen LogP contribution in [0.5, 0.6) is 0 Å². The summed E-state index contributed by atoms with van der Waals surface area (Å²) in [7, 11) is -2.31. The molecule has 0 aliphatic rings. The minimum Gasteiger partial charge on any atom is -0.468 e. The SMILES string of the molecule is COC(=O)C(C)NCCc1ccc(S(N)(=O)=O)cc1. The van der Waals surface area contributed by atoms with E-state index in [1.54, 1.807) is 19.1 Å². The number of carbonyl (C=O) groups excluding carboxylic acids is 1. The van der Waals surface area contributed by atoms with Crippen LogP contribution in [0.1, 0.15) is 12.5 Å². The fourth-order valence-corrected chi connectivity index (χ4v) is 2.05. The Morgan fingerprint density at radius 3 is 2.42 bits per heavy atom. The van der Waals surface area contributed by atoms with Crippen molar-refractivity contribution in [1.82, 2.24) is 5.32 Å². The summed E-state index contributed by atoms with van der Waals surface area (Å²) in [6.07, 6.45) is 0.673. The second-order valence-electron chi connectivity index (χ2n) is 4.14. The van der Waals surface area contributed by atoms with Gasteiger partial charge in [0.2, 0.25) is 10.0 Å². The van der Waals surface area contributed by atoms with Gasteiger partial charge in [-0.15, -0.1) is 0 Å². The molecule has 3 N–H and O–H groups in total. The van der Waals surface area contributed by atoms with E-state index < -0.39 is 10.0 Å². The molecule has 0 aliphatic carbocycles. The third-order valence-electron chi connectivity index (χ3n) is 2.67. The highest BCUT2D eigenvalue weighted by Crippen LogP contribution is 2.08. The predicted molar refractivity (Wildman–Crippen MR) is 71.0 cm³/mol. The Labute approximate surface area is 113 Å². The van der Waals surface area contributed by atoms with Gasteiger partial charge >= 0.3 is 5.97 Å². The van der Waals surface area contributed by atoms with Crippen molar-refractivity contribution in [3.05, 3.63) is 29.8 Å². The molecule has 0 saturated carbocycles. The van der Waals surface area contributed by atoms with Crippen molar-refractivity contribution in [2.24, 2.45) is 5.14 Å². The van der Waals surface area contributed by atoms with Crippen LogP contribution in [0, 0.1) is 0 Å². The van der Waals surface area contributed by atoms with Crippen LogP contribution in [0.15, 0.2) is 29.2 Å². The van der Waals surface area contributed by atoms with Crippen LogP contribution in [0.25, 0.3) is 0 Å². The van der Waals surface area contributed by atoms with Crippen LogP contribution in [0.4, 0.5) is 0 Å². The van der Waals surface area contributed by atoms with E-state index in [0.717, 1.165) is 5.56 Å². The molecule has 0 heterocycles. The largest absolute Gasteiger partial charge is 0.468 e. The molecule has 0 aromatic heterocycles. The van der Waals surface area contributed by atoms with E-state index in [2.05, 4.69) is 10.1 Å². The number of hydrogen-bond acceptors (Lipinski definition) is 5. The number of sulfonamides is 1. The summed E-state index contributed by atoms with van der Waals surface area (Å²) in [4.78, 5) is 11.2. The first kappa shape index (κ1) is 15.6. The van der Waals surface area contributed by atoms with E-state index in [4.69, 9.17) is 5.14 Å². The first-order valence-corrected chi connectivity index (χ1v) is 7.32. The van der Waals surface area contributed by atoms with Crippen molar-refractivity contribution in [2.75, 3.05) is 13.7 Å². The van der Waals surface area contributed by atoms with Crippen LogP contribution in [0.2, 0.25) is 0 Å². The molecule has 6 nitrogen and oxygen atoms in total. The summed E-state index contributed by atoms with van der Waals surface area (Å²) in [5, 5.41) is 8.01. The summed E-state index contributed by atoms with van der Waals surface area (Å²) in [6.45, 7) is 2.31. The molecule has 0 aliphatic heterocycles. The van der Waals surface area contributed by atoms with Gasteiger partial charge in [-0.2, -0.15) is 0 Å². The molecule has 7 heteroatoms. The highest BCUT2D eigenvalue weighted by molar-refractivity contribution is 7.89. The van der Waals surface area contributed by atoms with E-state index in [1.165, 1.54) is 19.2 Å². The van der Waals surface area contributed by atoms with Crippen molar-refractivity contribution in [1.29, 1.82) is 0 Å². The molecule has 1 rings (SSSR count). The highest BCUT2D eigenvalue weighted by atomic mass is 32.2. The molecule has 1 aromatic rings. The molecule has 0 saturated heterocycles. The Morgan fingerprint density at radius 1 is 1.37 bits per heavy atom. The van der Waals surface area contributed by atoms with Crippen LogP contribution < -0.4 is 10.5 Å². The molecule has 1 aromatic carbocycles. The summed E-state index contributed by atoms with van der Waals surface area (Å²) in [5.74, 6) is -0.315. The monoisotopic (exact) mass is 286 g/mol.